The summed E-state index contributed by atoms with van der Waals surface area (Å²) in [5.41, 5.74) is 10.00. The number of pyridine rings is 1. The summed E-state index contributed by atoms with van der Waals surface area (Å²) < 4.78 is 9.17. The normalized spacial score (nSPS) is 13.8. The molecule has 0 amide bonds. The van der Waals surface area contributed by atoms with E-state index in [1.807, 2.05) is 6.20 Å². The molecule has 1 aliphatic rings. The van der Waals surface area contributed by atoms with Crippen LogP contribution >= 0.6 is 10.0 Å². The summed E-state index contributed by atoms with van der Waals surface area (Å²) in [5.74, 6) is 0.923. The Morgan fingerprint density at radius 3 is 1.85 bits per heavy atom. The van der Waals surface area contributed by atoms with Gasteiger partial charge in [-0.3, -0.25) is 4.90 Å². The third kappa shape index (κ3) is 5.29. The molecule has 0 saturated carbocycles. The first-order valence-corrected chi connectivity index (χ1v) is 26.2. The van der Waals surface area contributed by atoms with Crippen molar-refractivity contribution in [3.05, 3.63) is 249 Å². The number of fused-ring (bicyclic) bond motifs is 11. The Labute approximate surface area is 415 Å². The zero-order valence-corrected chi connectivity index (χ0v) is 39.6. The molecule has 4 nitrogen and oxygen atoms in total. The van der Waals surface area contributed by atoms with Gasteiger partial charge in [0.2, 0.25) is 0 Å². The van der Waals surface area contributed by atoms with Gasteiger partial charge in [0.05, 0.1) is 28.1 Å². The first-order valence-electron chi connectivity index (χ1n) is 24.6. The Balaban J connectivity index is 0.956. The van der Waals surface area contributed by atoms with Gasteiger partial charge in [-0.05, 0) is 112 Å². The van der Waals surface area contributed by atoms with E-state index in [1.54, 1.807) is 0 Å². The molecule has 12 aromatic carbocycles. The third-order valence-electron chi connectivity index (χ3n) is 15.4. The van der Waals surface area contributed by atoms with Gasteiger partial charge < -0.3 is 8.98 Å². The molecular formula is C67H41N3OS. The maximum Gasteiger partial charge on any atom is 0.145 e. The molecule has 16 rings (SSSR count). The molecule has 15 aromatic rings. The Kier molecular flexibility index (Phi) is 8.22. The first kappa shape index (κ1) is 39.7. The SMILES string of the molecule is c1ccc(S2(c3ccccc3)c3ccccc3N(c3nccc4ccccc34)c3ccc(-c4ccc5c(c4)c4ccccc4n5-c4cc5cccc6c7oc8ccccc8c7c7cccc4c7c56)cc32)cc1. The monoisotopic (exact) mass is 935 g/mol. The summed E-state index contributed by atoms with van der Waals surface area (Å²) in [4.78, 5) is 12.8. The number of anilines is 3. The fraction of sp³-hybridized carbons (Fsp3) is 0. The summed E-state index contributed by atoms with van der Waals surface area (Å²) in [7, 11) is -2.05. The van der Waals surface area contributed by atoms with E-state index in [0.29, 0.717) is 0 Å². The van der Waals surface area contributed by atoms with Gasteiger partial charge in [0, 0.05) is 74.3 Å². The third-order valence-corrected chi connectivity index (χ3v) is 19.3. The van der Waals surface area contributed by atoms with Crippen molar-refractivity contribution in [2.75, 3.05) is 4.90 Å². The predicted molar refractivity (Wildman–Crippen MR) is 301 cm³/mol. The van der Waals surface area contributed by atoms with Crippen molar-refractivity contribution in [1.29, 1.82) is 0 Å². The highest BCUT2D eigenvalue weighted by molar-refractivity contribution is 8.34. The van der Waals surface area contributed by atoms with Crippen LogP contribution in [-0.4, -0.2) is 9.55 Å². The highest BCUT2D eigenvalue weighted by Crippen LogP contribution is 2.79. The van der Waals surface area contributed by atoms with Gasteiger partial charge in [-0.15, -0.1) is 10.0 Å². The molecular weight excluding hydrogens is 895 g/mol. The van der Waals surface area contributed by atoms with E-state index in [0.717, 1.165) is 49.9 Å². The summed E-state index contributed by atoms with van der Waals surface area (Å²) in [6.45, 7) is 0. The van der Waals surface area contributed by atoms with E-state index < -0.39 is 10.0 Å². The number of nitrogens with zero attached hydrogens (tertiary/aromatic N) is 3. The summed E-state index contributed by atoms with van der Waals surface area (Å²) in [6, 6.07) is 89.7. The minimum Gasteiger partial charge on any atom is -0.455 e. The molecule has 0 N–H and O–H groups in total. The molecule has 0 aliphatic carbocycles. The van der Waals surface area contributed by atoms with Crippen LogP contribution in [0.2, 0.25) is 0 Å². The molecule has 0 fully saturated rings. The lowest BCUT2D eigenvalue weighted by Gasteiger charge is -2.49. The first-order chi connectivity index (χ1) is 35.7. The van der Waals surface area contributed by atoms with Crippen molar-refractivity contribution >= 4 is 114 Å². The van der Waals surface area contributed by atoms with E-state index in [2.05, 4.69) is 252 Å². The van der Waals surface area contributed by atoms with Crippen molar-refractivity contribution in [1.82, 2.24) is 9.55 Å². The molecule has 0 radical (unpaired) electrons. The van der Waals surface area contributed by atoms with Gasteiger partial charge in [-0.2, -0.15) is 0 Å². The Bertz CT molecular complexity index is 4660. The molecule has 3 aromatic heterocycles. The second-order valence-electron chi connectivity index (χ2n) is 19.0. The Hall–Kier alpha value is -9.16. The molecule has 0 bridgehead atoms. The fourth-order valence-electron chi connectivity index (χ4n) is 12.4. The van der Waals surface area contributed by atoms with Gasteiger partial charge in [0.15, 0.2) is 0 Å². The zero-order valence-electron chi connectivity index (χ0n) is 38.8. The van der Waals surface area contributed by atoms with Crippen LogP contribution in [0.5, 0.6) is 0 Å². The number of para-hydroxylation sites is 3. The number of furan rings is 1. The number of aromatic nitrogens is 2. The minimum atomic E-state index is -2.05. The fourth-order valence-corrected chi connectivity index (χ4v) is 16.6. The van der Waals surface area contributed by atoms with E-state index in [4.69, 9.17) is 9.40 Å². The summed E-state index contributed by atoms with van der Waals surface area (Å²) >= 11 is 0. The Morgan fingerprint density at radius 2 is 0.986 bits per heavy atom. The van der Waals surface area contributed by atoms with Crippen LogP contribution < -0.4 is 4.90 Å². The molecule has 4 heterocycles. The van der Waals surface area contributed by atoms with E-state index in [1.165, 1.54) is 90.5 Å². The van der Waals surface area contributed by atoms with E-state index in [-0.39, 0.29) is 0 Å². The minimum absolute atomic E-state index is 0.915. The van der Waals surface area contributed by atoms with Crippen molar-refractivity contribution in [2.24, 2.45) is 0 Å². The average Bonchev–Trinajstić information content (AvgIpc) is 4.01. The molecule has 0 saturated heterocycles. The number of rotatable bonds is 5. The van der Waals surface area contributed by atoms with Crippen LogP contribution in [0.25, 0.3) is 104 Å². The van der Waals surface area contributed by atoms with Crippen LogP contribution in [0.4, 0.5) is 17.2 Å². The lowest BCUT2D eigenvalue weighted by Crippen LogP contribution is -2.22. The maximum atomic E-state index is 6.67. The van der Waals surface area contributed by atoms with Crippen LogP contribution in [0.15, 0.2) is 273 Å². The van der Waals surface area contributed by atoms with Gasteiger partial charge in [-0.1, -0.05) is 158 Å². The largest absolute Gasteiger partial charge is 0.455 e. The van der Waals surface area contributed by atoms with E-state index >= 15 is 0 Å². The molecule has 5 heteroatoms. The molecule has 72 heavy (non-hydrogen) atoms. The van der Waals surface area contributed by atoms with Crippen molar-refractivity contribution in [3.8, 4) is 16.8 Å². The highest BCUT2D eigenvalue weighted by atomic mass is 32.3. The summed E-state index contributed by atoms with van der Waals surface area (Å²) in [5, 5.41) is 14.3. The quantitative estimate of drug-likeness (QED) is 0.161. The van der Waals surface area contributed by atoms with Crippen LogP contribution in [0.1, 0.15) is 0 Å². The maximum absolute atomic E-state index is 6.67. The standard InChI is InChI=1S/C67H41N3OS/c1-3-19-46(20-4-1)72(47-21-5-2-6-22-47)61-32-14-12-30-57(61)70(67-48-23-8-7-17-42(48)37-38-68-67)58-36-34-44(41-62(58)72)43-33-35-56-54(39-43)49-24-9-11-29-55(49)69(56)59-40-45-18-15-28-53-63(45)64-50(59)26-16-27-52(64)65-51-25-10-13-31-60(51)71-66(53)65/h1-41H. The van der Waals surface area contributed by atoms with Gasteiger partial charge in [0.25, 0.3) is 0 Å². The number of hydrogen-bond acceptors (Lipinski definition) is 3. The molecule has 0 spiro atoms. The Morgan fingerprint density at radius 1 is 0.361 bits per heavy atom. The van der Waals surface area contributed by atoms with Gasteiger partial charge in [-0.25, -0.2) is 4.98 Å². The molecule has 1 aliphatic heterocycles. The summed E-state index contributed by atoms with van der Waals surface area (Å²) in [6.07, 6.45) is 1.95. The topological polar surface area (TPSA) is 34.2 Å². The van der Waals surface area contributed by atoms with E-state index in [9.17, 15) is 0 Å². The predicted octanol–water partition coefficient (Wildman–Crippen LogP) is 18.9. The number of hydrogen-bond donors (Lipinski definition) is 0. The van der Waals surface area contributed by atoms with Gasteiger partial charge in [0.1, 0.15) is 17.0 Å². The van der Waals surface area contributed by atoms with Crippen LogP contribution in [0.3, 0.4) is 0 Å². The van der Waals surface area contributed by atoms with Crippen molar-refractivity contribution in [2.45, 2.75) is 19.6 Å². The smallest absolute Gasteiger partial charge is 0.145 e. The zero-order chi connectivity index (χ0) is 47.1. The average molecular weight is 936 g/mol. The molecule has 336 valence electrons. The second-order valence-corrected chi connectivity index (χ2v) is 22.0. The lowest BCUT2D eigenvalue weighted by atomic mass is 9.90. The second kappa shape index (κ2) is 14.9. The van der Waals surface area contributed by atoms with Crippen LogP contribution in [0, 0.1) is 0 Å². The molecule has 0 atom stereocenters. The van der Waals surface area contributed by atoms with Crippen molar-refractivity contribution in [3.63, 3.8) is 0 Å². The van der Waals surface area contributed by atoms with Crippen molar-refractivity contribution < 1.29 is 4.42 Å². The van der Waals surface area contributed by atoms with Crippen LogP contribution in [-0.2, 0) is 0 Å². The number of benzene rings is 12. The lowest BCUT2D eigenvalue weighted by molar-refractivity contribution is 0.673. The highest BCUT2D eigenvalue weighted by Gasteiger charge is 2.43. The van der Waals surface area contributed by atoms with Gasteiger partial charge >= 0.3 is 0 Å². The molecule has 0 unspecified atom stereocenters.